The minimum atomic E-state index is -4.72. The second-order valence-corrected chi connectivity index (χ2v) is 15.2. The second-order valence-electron chi connectivity index (χ2n) is 13.8. The largest absolute Gasteiger partial charge is 0.480 e. The Hall–Kier alpha value is -2.30. The van der Waals surface area contributed by atoms with Gasteiger partial charge in [0.05, 0.1) is 13.2 Å². The number of aliphatic carboxylic acids is 1. The highest BCUT2D eigenvalue weighted by atomic mass is 31.2. The van der Waals surface area contributed by atoms with E-state index >= 15 is 0 Å². The molecule has 53 heavy (non-hydrogen) atoms. The maximum absolute atomic E-state index is 12.6. The molecule has 12 heteroatoms. The molecule has 0 heterocycles. The summed E-state index contributed by atoms with van der Waals surface area (Å²) in [7, 11) is -4.72. The number of carboxylic acid groups (broad SMARTS) is 1. The summed E-state index contributed by atoms with van der Waals surface area (Å²) in [6.07, 6.45) is 38.0. The van der Waals surface area contributed by atoms with Crippen LogP contribution in [0.15, 0.2) is 36.5 Å². The lowest BCUT2D eigenvalue weighted by Crippen LogP contribution is -2.34. The van der Waals surface area contributed by atoms with Gasteiger partial charge in [-0.25, -0.2) is 4.57 Å². The van der Waals surface area contributed by atoms with Crippen LogP contribution in [0.25, 0.3) is 0 Å². The molecule has 0 saturated carbocycles. The molecule has 308 valence electrons. The van der Waals surface area contributed by atoms with Gasteiger partial charge in [-0.15, -0.1) is 0 Å². The van der Waals surface area contributed by atoms with Crippen molar-refractivity contribution in [1.29, 1.82) is 0 Å². The van der Waals surface area contributed by atoms with Crippen LogP contribution in [0.5, 0.6) is 0 Å². The molecule has 0 aromatic carbocycles. The lowest BCUT2D eigenvalue weighted by atomic mass is 10.1. The third-order valence-corrected chi connectivity index (χ3v) is 9.56. The molecule has 4 N–H and O–H groups in total. The molecular weight excluding hydrogens is 697 g/mol. The van der Waals surface area contributed by atoms with Crippen LogP contribution in [-0.2, 0) is 37.5 Å². The van der Waals surface area contributed by atoms with Crippen LogP contribution in [0.3, 0.4) is 0 Å². The number of esters is 2. The average Bonchev–Trinajstić information content (AvgIpc) is 3.13. The van der Waals surface area contributed by atoms with Crippen molar-refractivity contribution >= 4 is 25.7 Å². The molecular formula is C41H74NO10P. The lowest BCUT2D eigenvalue weighted by molar-refractivity contribution is -0.161. The van der Waals surface area contributed by atoms with Crippen molar-refractivity contribution < 1.29 is 47.5 Å². The third kappa shape index (κ3) is 36.4. The van der Waals surface area contributed by atoms with Gasteiger partial charge in [0.15, 0.2) is 6.10 Å². The van der Waals surface area contributed by atoms with E-state index in [4.69, 9.17) is 24.8 Å². The molecule has 0 aliphatic carbocycles. The van der Waals surface area contributed by atoms with Gasteiger partial charge >= 0.3 is 25.7 Å². The van der Waals surface area contributed by atoms with E-state index in [2.05, 4.69) is 48.8 Å². The Kier molecular flexibility index (Phi) is 35.1. The summed E-state index contributed by atoms with van der Waals surface area (Å²) < 4.78 is 32.5. The highest BCUT2D eigenvalue weighted by molar-refractivity contribution is 7.47. The van der Waals surface area contributed by atoms with E-state index in [0.717, 1.165) is 51.4 Å². The van der Waals surface area contributed by atoms with Gasteiger partial charge in [-0.2, -0.15) is 0 Å². The van der Waals surface area contributed by atoms with Crippen LogP contribution in [-0.4, -0.2) is 59.9 Å². The van der Waals surface area contributed by atoms with Crippen LogP contribution < -0.4 is 5.73 Å². The molecule has 0 saturated heterocycles. The Balaban J connectivity index is 4.47. The number of ether oxygens (including phenoxy) is 2. The van der Waals surface area contributed by atoms with Gasteiger partial charge in [0.25, 0.3) is 0 Å². The van der Waals surface area contributed by atoms with Crippen molar-refractivity contribution in [2.45, 2.75) is 187 Å². The normalized spacial score (nSPS) is 14.2. The number of rotatable bonds is 38. The summed E-state index contributed by atoms with van der Waals surface area (Å²) in [6.45, 7) is 2.71. The Morgan fingerprint density at radius 2 is 1.02 bits per heavy atom. The first kappa shape index (κ1) is 50.7. The molecule has 0 aromatic heterocycles. The van der Waals surface area contributed by atoms with Crippen molar-refractivity contribution in [3.8, 4) is 0 Å². The first-order valence-corrected chi connectivity index (χ1v) is 22.0. The molecule has 1 unspecified atom stereocenters. The van der Waals surface area contributed by atoms with Crippen molar-refractivity contribution in [2.75, 3.05) is 19.8 Å². The van der Waals surface area contributed by atoms with E-state index in [9.17, 15) is 23.8 Å². The topological polar surface area (TPSA) is 172 Å². The number of carbonyl (C=O) groups excluding carboxylic acids is 2. The Morgan fingerprint density at radius 3 is 1.58 bits per heavy atom. The van der Waals surface area contributed by atoms with Crippen LogP contribution in [0, 0.1) is 0 Å². The second kappa shape index (κ2) is 36.7. The SMILES string of the molecule is CCCCC/C=C/CCCCCCCC(=O)OC[C@H](COP(=O)(O)OC[C@H](N)C(=O)O)OC(=O)CCC/C=C/C/C=C/CCCCCCCCCCC. The highest BCUT2D eigenvalue weighted by Gasteiger charge is 2.28. The van der Waals surface area contributed by atoms with Crippen LogP contribution in [0.1, 0.15) is 174 Å². The van der Waals surface area contributed by atoms with E-state index in [1.807, 2.05) is 6.08 Å². The van der Waals surface area contributed by atoms with Gasteiger partial charge in [-0.3, -0.25) is 23.4 Å². The Bertz CT molecular complexity index is 1050. The first-order valence-electron chi connectivity index (χ1n) is 20.5. The molecule has 0 aromatic rings. The number of carboxylic acids is 1. The standard InChI is InChI=1S/C41H74NO10P/c1-3-5-7-9-11-13-15-17-18-19-20-21-23-25-27-29-31-33-40(44)52-37(35-50-53(47,48)51-36-38(42)41(45)46)34-49-39(43)32-30-28-26-24-22-16-14-12-10-8-6-4-2/h12,14,20-21,25,27,37-38H,3-11,13,15-19,22-24,26,28-36,42H2,1-2H3,(H,45,46)(H,47,48)/b14-12+,21-20+,27-25+/t37-,38+/m1/s1. The van der Waals surface area contributed by atoms with Crippen molar-refractivity contribution in [2.24, 2.45) is 5.73 Å². The number of hydrogen-bond donors (Lipinski definition) is 3. The van der Waals surface area contributed by atoms with E-state index < -0.39 is 51.1 Å². The molecule has 0 rings (SSSR count). The van der Waals surface area contributed by atoms with Crippen LogP contribution >= 0.6 is 7.82 Å². The predicted octanol–water partition coefficient (Wildman–Crippen LogP) is 10.4. The number of unbranched alkanes of at least 4 members (excludes halogenated alkanes) is 18. The van der Waals surface area contributed by atoms with Crippen LogP contribution in [0.4, 0.5) is 0 Å². The summed E-state index contributed by atoms with van der Waals surface area (Å²) in [6, 6.07) is -1.53. The summed E-state index contributed by atoms with van der Waals surface area (Å²) in [4.78, 5) is 45.8. The monoisotopic (exact) mass is 772 g/mol. The quantitative estimate of drug-likeness (QED) is 0.0236. The summed E-state index contributed by atoms with van der Waals surface area (Å²) in [5.74, 6) is -2.45. The number of nitrogens with two attached hydrogens (primary N) is 1. The molecule has 3 atom stereocenters. The zero-order valence-corrected chi connectivity index (χ0v) is 34.0. The zero-order valence-electron chi connectivity index (χ0n) is 33.1. The van der Waals surface area contributed by atoms with Gasteiger partial charge in [0.2, 0.25) is 0 Å². The average molecular weight is 772 g/mol. The number of hydrogen-bond acceptors (Lipinski definition) is 9. The molecule has 0 fully saturated rings. The smallest absolute Gasteiger partial charge is 0.472 e. The number of phosphoric ester groups is 1. The van der Waals surface area contributed by atoms with E-state index in [1.54, 1.807) is 0 Å². The number of carbonyl (C=O) groups is 3. The van der Waals surface area contributed by atoms with E-state index in [1.165, 1.54) is 77.0 Å². The molecule has 0 amide bonds. The Labute approximate surface area is 321 Å². The third-order valence-electron chi connectivity index (χ3n) is 8.61. The van der Waals surface area contributed by atoms with Crippen molar-refractivity contribution in [1.82, 2.24) is 0 Å². The number of allylic oxidation sites excluding steroid dienone is 6. The highest BCUT2D eigenvalue weighted by Crippen LogP contribution is 2.43. The van der Waals surface area contributed by atoms with Crippen molar-refractivity contribution in [3.63, 3.8) is 0 Å². The van der Waals surface area contributed by atoms with Gasteiger partial charge in [0.1, 0.15) is 12.6 Å². The maximum atomic E-state index is 12.6. The molecule has 0 bridgehead atoms. The Morgan fingerprint density at radius 1 is 0.585 bits per heavy atom. The minimum absolute atomic E-state index is 0.0959. The van der Waals surface area contributed by atoms with Gasteiger partial charge in [0, 0.05) is 12.8 Å². The fourth-order valence-corrected chi connectivity index (χ4v) is 6.11. The summed E-state index contributed by atoms with van der Waals surface area (Å²) >= 11 is 0. The molecule has 0 spiro atoms. The molecule has 0 aliphatic rings. The van der Waals surface area contributed by atoms with Crippen LogP contribution in [0.2, 0.25) is 0 Å². The maximum Gasteiger partial charge on any atom is 0.472 e. The van der Waals surface area contributed by atoms with Gasteiger partial charge in [-0.1, -0.05) is 134 Å². The van der Waals surface area contributed by atoms with Gasteiger partial charge < -0.3 is 25.2 Å². The molecule has 0 aliphatic heterocycles. The lowest BCUT2D eigenvalue weighted by Gasteiger charge is -2.20. The zero-order chi connectivity index (χ0) is 39.3. The molecule has 11 nitrogen and oxygen atoms in total. The minimum Gasteiger partial charge on any atom is -0.480 e. The first-order chi connectivity index (χ1) is 25.6. The fraction of sp³-hybridized carbons (Fsp3) is 0.780. The predicted molar refractivity (Wildman–Crippen MR) is 212 cm³/mol. The van der Waals surface area contributed by atoms with E-state index in [-0.39, 0.29) is 19.4 Å². The summed E-state index contributed by atoms with van der Waals surface area (Å²) in [5, 5.41) is 8.87. The molecule has 0 radical (unpaired) electrons. The van der Waals surface area contributed by atoms with E-state index in [0.29, 0.717) is 19.3 Å². The van der Waals surface area contributed by atoms with Crippen molar-refractivity contribution in [3.05, 3.63) is 36.5 Å². The number of phosphoric acid groups is 1. The van der Waals surface area contributed by atoms with Gasteiger partial charge in [-0.05, 0) is 64.2 Å². The summed E-state index contributed by atoms with van der Waals surface area (Å²) in [5.41, 5.74) is 5.32. The fourth-order valence-electron chi connectivity index (χ4n) is 5.33.